The number of ether oxygens (including phenoxy) is 1. The Morgan fingerprint density at radius 1 is 1.21 bits per heavy atom. The largest absolute Gasteiger partial charge is 0.376 e. The smallest absolute Gasteiger partial charge is 0.324 e. The third kappa shape index (κ3) is 2.89. The molecule has 2 atom stereocenters. The third-order valence-corrected chi connectivity index (χ3v) is 4.85. The first-order chi connectivity index (χ1) is 11.8. The highest BCUT2D eigenvalue weighted by molar-refractivity contribution is 5.88. The first-order valence-electron chi connectivity index (χ1n) is 8.61. The van der Waals surface area contributed by atoms with E-state index in [2.05, 4.69) is 10.3 Å². The molecule has 0 radical (unpaired) electrons. The van der Waals surface area contributed by atoms with Crippen molar-refractivity contribution in [2.75, 3.05) is 18.5 Å². The molecule has 0 spiro atoms. The molecule has 4 rings (SSSR count). The molecular weight excluding hydrogens is 304 g/mol. The van der Waals surface area contributed by atoms with Crippen molar-refractivity contribution in [3.8, 4) is 5.69 Å². The fourth-order valence-electron chi connectivity index (χ4n) is 3.70. The molecule has 126 valence electrons. The molecule has 2 aliphatic rings. The number of benzene rings is 1. The summed E-state index contributed by atoms with van der Waals surface area (Å²) in [7, 11) is 0. The van der Waals surface area contributed by atoms with Crippen molar-refractivity contribution >= 4 is 12.0 Å². The molecule has 0 saturated carbocycles. The lowest BCUT2D eigenvalue weighted by Gasteiger charge is -2.28. The minimum Gasteiger partial charge on any atom is -0.376 e. The Labute approximate surface area is 141 Å². The highest BCUT2D eigenvalue weighted by atomic mass is 16.5. The number of para-hydroxylation sites is 1. The number of nitrogens with zero attached hydrogens (tertiary/aromatic N) is 3. The zero-order chi connectivity index (χ0) is 16.4. The van der Waals surface area contributed by atoms with Gasteiger partial charge >= 0.3 is 6.03 Å². The summed E-state index contributed by atoms with van der Waals surface area (Å²) in [6.45, 7) is 1.59. The van der Waals surface area contributed by atoms with Crippen LogP contribution in [0.4, 0.5) is 10.7 Å². The fourth-order valence-corrected chi connectivity index (χ4v) is 3.70. The third-order valence-electron chi connectivity index (χ3n) is 4.85. The minimum absolute atomic E-state index is 0.0867. The van der Waals surface area contributed by atoms with E-state index in [1.54, 1.807) is 6.20 Å². The van der Waals surface area contributed by atoms with E-state index in [0.717, 1.165) is 44.5 Å². The molecule has 6 nitrogen and oxygen atoms in total. The van der Waals surface area contributed by atoms with Crippen molar-refractivity contribution in [3.05, 3.63) is 42.7 Å². The predicted octanol–water partition coefficient (Wildman–Crippen LogP) is 3.05. The number of hydrogen-bond acceptors (Lipinski definition) is 3. The van der Waals surface area contributed by atoms with Crippen LogP contribution in [0.3, 0.4) is 0 Å². The van der Waals surface area contributed by atoms with E-state index >= 15 is 0 Å². The topological polar surface area (TPSA) is 59.4 Å². The molecule has 2 unspecified atom stereocenters. The maximum atomic E-state index is 12.8. The zero-order valence-corrected chi connectivity index (χ0v) is 13.6. The number of carbonyl (C=O) groups is 1. The van der Waals surface area contributed by atoms with E-state index in [1.165, 1.54) is 0 Å². The van der Waals surface area contributed by atoms with Crippen LogP contribution < -0.4 is 5.32 Å². The normalized spacial score (nSPS) is 23.6. The van der Waals surface area contributed by atoms with Gasteiger partial charge in [0.25, 0.3) is 0 Å². The summed E-state index contributed by atoms with van der Waals surface area (Å²) in [6, 6.07) is 9.98. The van der Waals surface area contributed by atoms with Crippen LogP contribution in [0.25, 0.3) is 5.69 Å². The van der Waals surface area contributed by atoms with Crippen LogP contribution in [-0.4, -0.2) is 45.8 Å². The summed E-state index contributed by atoms with van der Waals surface area (Å²) in [5.41, 5.74) is 0.974. The van der Waals surface area contributed by atoms with Gasteiger partial charge in [-0.1, -0.05) is 18.2 Å². The van der Waals surface area contributed by atoms with Gasteiger partial charge in [-0.2, -0.15) is 0 Å². The van der Waals surface area contributed by atoms with Crippen LogP contribution in [0, 0.1) is 0 Å². The molecule has 2 aromatic rings. The van der Waals surface area contributed by atoms with E-state index < -0.39 is 0 Å². The molecule has 3 heterocycles. The van der Waals surface area contributed by atoms with Crippen molar-refractivity contribution in [1.82, 2.24) is 14.5 Å². The van der Waals surface area contributed by atoms with Crippen LogP contribution in [0.1, 0.15) is 25.7 Å². The molecule has 1 N–H and O–H groups in total. The number of rotatable bonds is 3. The first kappa shape index (κ1) is 15.2. The van der Waals surface area contributed by atoms with E-state index in [9.17, 15) is 4.79 Å². The lowest BCUT2D eigenvalue weighted by molar-refractivity contribution is 0.0542. The number of aromatic nitrogens is 2. The number of anilines is 1. The quantitative estimate of drug-likeness (QED) is 0.943. The summed E-state index contributed by atoms with van der Waals surface area (Å²) in [6.07, 6.45) is 7.93. The Morgan fingerprint density at radius 2 is 2.08 bits per heavy atom. The number of hydrogen-bond donors (Lipinski definition) is 1. The molecule has 0 aliphatic carbocycles. The van der Waals surface area contributed by atoms with E-state index in [-0.39, 0.29) is 18.2 Å². The van der Waals surface area contributed by atoms with Crippen molar-refractivity contribution in [2.24, 2.45) is 0 Å². The predicted molar refractivity (Wildman–Crippen MR) is 91.3 cm³/mol. The maximum absolute atomic E-state index is 12.8. The maximum Gasteiger partial charge on any atom is 0.324 e. The molecule has 0 bridgehead atoms. The summed E-state index contributed by atoms with van der Waals surface area (Å²) >= 11 is 0. The molecule has 2 amide bonds. The second-order valence-electron chi connectivity index (χ2n) is 6.34. The highest BCUT2D eigenvalue weighted by Crippen LogP contribution is 2.28. The molecule has 6 heteroatoms. The number of carbonyl (C=O) groups excluding carboxylic acids is 1. The van der Waals surface area contributed by atoms with Gasteiger partial charge in [-0.15, -0.1) is 0 Å². The number of urea groups is 1. The monoisotopic (exact) mass is 326 g/mol. The highest BCUT2D eigenvalue weighted by Gasteiger charge is 2.37. The Hall–Kier alpha value is -2.34. The van der Waals surface area contributed by atoms with Gasteiger partial charge in [0.2, 0.25) is 5.95 Å². The zero-order valence-electron chi connectivity index (χ0n) is 13.6. The van der Waals surface area contributed by atoms with Gasteiger partial charge < -0.3 is 9.64 Å². The van der Waals surface area contributed by atoms with Crippen LogP contribution >= 0.6 is 0 Å². The molecule has 1 aromatic heterocycles. The van der Waals surface area contributed by atoms with E-state index in [1.807, 2.05) is 46.0 Å². The lowest BCUT2D eigenvalue weighted by Crippen LogP contribution is -2.44. The van der Waals surface area contributed by atoms with Gasteiger partial charge in [0.05, 0.1) is 12.1 Å². The number of imidazole rings is 1. The molecule has 2 saturated heterocycles. The van der Waals surface area contributed by atoms with Gasteiger partial charge in [-0.05, 0) is 37.8 Å². The van der Waals surface area contributed by atoms with Crippen LogP contribution in [0.5, 0.6) is 0 Å². The standard InChI is InChI=1S/C18H22N4O2/c23-18(22-11-4-8-15(22)16-9-5-13-24-16)20-17-19-10-12-21(17)14-6-2-1-3-7-14/h1-3,6-7,10,12,15-16H,4-5,8-9,11,13H2,(H,19,20,23). The Bertz CT molecular complexity index is 694. The van der Waals surface area contributed by atoms with Crippen molar-refractivity contribution in [1.29, 1.82) is 0 Å². The molecule has 2 aliphatic heterocycles. The molecule has 24 heavy (non-hydrogen) atoms. The molecular formula is C18H22N4O2. The van der Waals surface area contributed by atoms with Gasteiger partial charge in [0.15, 0.2) is 0 Å². The summed E-state index contributed by atoms with van der Waals surface area (Å²) in [5, 5.41) is 2.97. The van der Waals surface area contributed by atoms with Gasteiger partial charge in [0.1, 0.15) is 0 Å². The van der Waals surface area contributed by atoms with Gasteiger partial charge in [0, 0.05) is 31.2 Å². The lowest BCUT2D eigenvalue weighted by atomic mass is 10.1. The van der Waals surface area contributed by atoms with Crippen LogP contribution in [0.15, 0.2) is 42.7 Å². The van der Waals surface area contributed by atoms with E-state index in [0.29, 0.717) is 5.95 Å². The summed E-state index contributed by atoms with van der Waals surface area (Å²) < 4.78 is 7.69. The van der Waals surface area contributed by atoms with Crippen LogP contribution in [-0.2, 0) is 4.74 Å². The van der Waals surface area contributed by atoms with E-state index in [4.69, 9.17) is 4.74 Å². The average molecular weight is 326 g/mol. The Balaban J connectivity index is 1.49. The summed E-state index contributed by atoms with van der Waals surface area (Å²) in [5.74, 6) is 0.546. The Kier molecular flexibility index (Phi) is 4.21. The SMILES string of the molecule is O=C(Nc1nccn1-c1ccccc1)N1CCCC1C1CCCO1. The van der Waals surface area contributed by atoms with Gasteiger partial charge in [-0.3, -0.25) is 9.88 Å². The van der Waals surface area contributed by atoms with Crippen molar-refractivity contribution < 1.29 is 9.53 Å². The second kappa shape index (κ2) is 6.65. The van der Waals surface area contributed by atoms with Crippen molar-refractivity contribution in [3.63, 3.8) is 0 Å². The number of amides is 2. The first-order valence-corrected chi connectivity index (χ1v) is 8.61. The molecule has 2 fully saturated rings. The average Bonchev–Trinajstić information content (AvgIpc) is 3.36. The number of nitrogens with one attached hydrogen (secondary N) is 1. The minimum atomic E-state index is -0.0867. The fraction of sp³-hybridized carbons (Fsp3) is 0.444. The number of likely N-dealkylation sites (tertiary alicyclic amines) is 1. The molecule has 1 aromatic carbocycles. The Morgan fingerprint density at radius 3 is 2.88 bits per heavy atom. The van der Waals surface area contributed by atoms with Gasteiger partial charge in [-0.25, -0.2) is 9.78 Å². The van der Waals surface area contributed by atoms with Crippen molar-refractivity contribution in [2.45, 2.75) is 37.8 Å². The second-order valence-corrected chi connectivity index (χ2v) is 6.34. The summed E-state index contributed by atoms with van der Waals surface area (Å²) in [4.78, 5) is 19.0. The van der Waals surface area contributed by atoms with Crippen LogP contribution in [0.2, 0.25) is 0 Å².